The van der Waals surface area contributed by atoms with Crippen molar-refractivity contribution in [1.82, 2.24) is 4.57 Å². The van der Waals surface area contributed by atoms with Crippen LogP contribution < -0.4 is 4.90 Å². The highest BCUT2D eigenvalue weighted by Gasteiger charge is 2.16. The van der Waals surface area contributed by atoms with Gasteiger partial charge in [-0.05, 0) is 117 Å². The van der Waals surface area contributed by atoms with Crippen LogP contribution in [0.4, 0.5) is 17.1 Å². The van der Waals surface area contributed by atoms with Crippen LogP contribution in [-0.4, -0.2) is 4.57 Å². The van der Waals surface area contributed by atoms with Gasteiger partial charge in [0.25, 0.3) is 0 Å². The molecule has 9 aromatic carbocycles. The van der Waals surface area contributed by atoms with E-state index in [2.05, 4.69) is 240 Å². The molecule has 1 heterocycles. The quantitative estimate of drug-likeness (QED) is 0.152. The molecule has 2 heteroatoms. The van der Waals surface area contributed by atoms with E-state index in [0.29, 0.717) is 0 Å². The normalized spacial score (nSPS) is 11.2. The summed E-state index contributed by atoms with van der Waals surface area (Å²) in [6, 6.07) is 83.0. The third-order valence-electron chi connectivity index (χ3n) is 10.8. The molecule has 0 aliphatic heterocycles. The summed E-state index contributed by atoms with van der Waals surface area (Å²) >= 11 is 0. The van der Waals surface area contributed by atoms with E-state index in [1.54, 1.807) is 0 Å². The smallest absolute Gasteiger partial charge is 0.0541 e. The molecule has 264 valence electrons. The van der Waals surface area contributed by atoms with Gasteiger partial charge in [-0.3, -0.25) is 0 Å². The molecule has 0 aliphatic carbocycles. The van der Waals surface area contributed by atoms with Crippen molar-refractivity contribution in [3.63, 3.8) is 0 Å². The largest absolute Gasteiger partial charge is 0.311 e. The van der Waals surface area contributed by atoms with Crippen molar-refractivity contribution in [2.24, 2.45) is 0 Å². The maximum atomic E-state index is 2.37. The van der Waals surface area contributed by atoms with Crippen LogP contribution in [0.1, 0.15) is 0 Å². The van der Waals surface area contributed by atoms with Gasteiger partial charge in [0, 0.05) is 33.5 Å². The summed E-state index contributed by atoms with van der Waals surface area (Å²) in [5, 5.41) is 2.52. The van der Waals surface area contributed by atoms with Crippen LogP contribution in [0.2, 0.25) is 0 Å². The van der Waals surface area contributed by atoms with Crippen molar-refractivity contribution in [2.45, 2.75) is 0 Å². The van der Waals surface area contributed by atoms with Crippen LogP contribution in [0.15, 0.2) is 231 Å². The Bertz CT molecular complexity index is 2740. The number of hydrogen-bond acceptors (Lipinski definition) is 1. The highest BCUT2D eigenvalue weighted by Crippen LogP contribution is 2.39. The van der Waals surface area contributed by atoms with E-state index in [0.717, 1.165) is 22.7 Å². The molecular weight excluding hydrogens is 677 g/mol. The third kappa shape index (κ3) is 6.24. The minimum atomic E-state index is 1.09. The fourth-order valence-electron chi connectivity index (χ4n) is 8.02. The fraction of sp³-hybridized carbons (Fsp3) is 0. The summed E-state index contributed by atoms with van der Waals surface area (Å²) in [7, 11) is 0. The molecule has 0 unspecified atom stereocenters. The Morgan fingerprint density at radius 3 is 0.982 bits per heavy atom. The SMILES string of the molecule is c1ccc(-c2cccc(-c3ccc(N(c4ccc(-c5cccc(-c6ccccc6)c5)cc4)c4ccc(-n5c6ccccc6c6ccccc65)cc4)cc3)c2)cc1. The molecule has 0 aliphatic rings. The molecule has 0 amide bonds. The summed E-state index contributed by atoms with van der Waals surface area (Å²) < 4.78 is 2.37. The molecule has 0 N–H and O–H groups in total. The van der Waals surface area contributed by atoms with Crippen molar-refractivity contribution < 1.29 is 0 Å². The molecular formula is C54H38N2. The lowest BCUT2D eigenvalue weighted by Gasteiger charge is -2.26. The molecule has 56 heavy (non-hydrogen) atoms. The van der Waals surface area contributed by atoms with Crippen molar-refractivity contribution in [3.05, 3.63) is 231 Å². The molecule has 0 spiro atoms. The standard InChI is InChI=1S/C54H38N2/c1-3-13-39(14-4-1)43-17-11-19-45(37-43)41-25-29-47(30-26-41)55(48-31-27-42(28-32-48)46-20-12-18-44(38-46)40-15-5-2-6-16-40)49-33-35-50(36-34-49)56-53-23-9-7-21-51(53)52-22-8-10-24-54(52)56/h1-38H. The van der Waals surface area contributed by atoms with Gasteiger partial charge < -0.3 is 9.47 Å². The molecule has 0 saturated carbocycles. The van der Waals surface area contributed by atoms with Crippen LogP contribution >= 0.6 is 0 Å². The number of hydrogen-bond donors (Lipinski definition) is 0. The van der Waals surface area contributed by atoms with Crippen LogP contribution in [0.5, 0.6) is 0 Å². The number of aromatic nitrogens is 1. The van der Waals surface area contributed by atoms with Crippen molar-refractivity contribution in [3.8, 4) is 50.2 Å². The molecule has 0 saturated heterocycles. The molecule has 10 rings (SSSR count). The van der Waals surface area contributed by atoms with Crippen LogP contribution in [0, 0.1) is 0 Å². The summed E-state index contributed by atoms with van der Waals surface area (Å²) in [6.07, 6.45) is 0. The van der Waals surface area contributed by atoms with Gasteiger partial charge in [-0.15, -0.1) is 0 Å². The Morgan fingerprint density at radius 1 is 0.250 bits per heavy atom. The average Bonchev–Trinajstić information content (AvgIpc) is 3.62. The molecule has 2 nitrogen and oxygen atoms in total. The summed E-state index contributed by atoms with van der Waals surface area (Å²) in [6.45, 7) is 0. The second-order valence-corrected chi connectivity index (χ2v) is 14.2. The molecule has 0 fully saturated rings. The minimum absolute atomic E-state index is 1.09. The predicted molar refractivity (Wildman–Crippen MR) is 237 cm³/mol. The Labute approximate surface area is 327 Å². The molecule has 1 aromatic heterocycles. The van der Waals surface area contributed by atoms with Gasteiger partial charge in [0.15, 0.2) is 0 Å². The van der Waals surface area contributed by atoms with Gasteiger partial charge in [-0.25, -0.2) is 0 Å². The monoisotopic (exact) mass is 714 g/mol. The van der Waals surface area contributed by atoms with Crippen LogP contribution in [0.25, 0.3) is 72.0 Å². The number of fused-ring (bicyclic) bond motifs is 3. The van der Waals surface area contributed by atoms with Crippen molar-refractivity contribution in [1.29, 1.82) is 0 Å². The highest BCUT2D eigenvalue weighted by atomic mass is 15.1. The van der Waals surface area contributed by atoms with E-state index < -0.39 is 0 Å². The summed E-state index contributed by atoms with van der Waals surface area (Å²) in [4.78, 5) is 2.35. The van der Waals surface area contributed by atoms with Crippen molar-refractivity contribution >= 4 is 38.9 Å². The Hall–Kier alpha value is -7.42. The van der Waals surface area contributed by atoms with Crippen LogP contribution in [0.3, 0.4) is 0 Å². The zero-order valence-electron chi connectivity index (χ0n) is 30.8. The van der Waals surface area contributed by atoms with Gasteiger partial charge >= 0.3 is 0 Å². The first kappa shape index (κ1) is 33.2. The first-order chi connectivity index (χ1) is 27.8. The van der Waals surface area contributed by atoms with Crippen LogP contribution in [-0.2, 0) is 0 Å². The zero-order chi connectivity index (χ0) is 37.3. The first-order valence-corrected chi connectivity index (χ1v) is 19.2. The number of anilines is 3. The number of para-hydroxylation sites is 2. The molecule has 0 bridgehead atoms. The Balaban J connectivity index is 1.03. The predicted octanol–water partition coefficient (Wildman–Crippen LogP) is 14.9. The number of rotatable bonds is 8. The minimum Gasteiger partial charge on any atom is -0.311 e. The number of nitrogens with zero attached hydrogens (tertiary/aromatic N) is 2. The summed E-state index contributed by atoms with van der Waals surface area (Å²) in [5.41, 5.74) is 16.4. The Morgan fingerprint density at radius 2 is 0.571 bits per heavy atom. The van der Waals surface area contributed by atoms with E-state index in [-0.39, 0.29) is 0 Å². The highest BCUT2D eigenvalue weighted by molar-refractivity contribution is 6.09. The Kier molecular flexibility index (Phi) is 8.55. The summed E-state index contributed by atoms with van der Waals surface area (Å²) in [5.74, 6) is 0. The lowest BCUT2D eigenvalue weighted by Crippen LogP contribution is -2.10. The topological polar surface area (TPSA) is 8.17 Å². The average molecular weight is 715 g/mol. The van der Waals surface area contributed by atoms with E-state index in [1.807, 2.05) is 0 Å². The van der Waals surface area contributed by atoms with E-state index in [9.17, 15) is 0 Å². The van der Waals surface area contributed by atoms with Crippen molar-refractivity contribution in [2.75, 3.05) is 4.90 Å². The number of benzene rings is 9. The van der Waals surface area contributed by atoms with Gasteiger partial charge in [-0.2, -0.15) is 0 Å². The second-order valence-electron chi connectivity index (χ2n) is 14.2. The molecule has 10 aromatic rings. The van der Waals surface area contributed by atoms with Gasteiger partial charge in [-0.1, -0.05) is 158 Å². The molecule has 0 radical (unpaired) electrons. The van der Waals surface area contributed by atoms with E-state index in [1.165, 1.54) is 66.3 Å². The molecule has 0 atom stereocenters. The third-order valence-corrected chi connectivity index (χ3v) is 10.8. The lowest BCUT2D eigenvalue weighted by molar-refractivity contribution is 1.17. The van der Waals surface area contributed by atoms with E-state index in [4.69, 9.17) is 0 Å². The van der Waals surface area contributed by atoms with Gasteiger partial charge in [0.2, 0.25) is 0 Å². The second kappa shape index (κ2) is 14.4. The maximum Gasteiger partial charge on any atom is 0.0541 e. The van der Waals surface area contributed by atoms with Gasteiger partial charge in [0.1, 0.15) is 0 Å². The maximum absolute atomic E-state index is 2.37. The fourth-order valence-corrected chi connectivity index (χ4v) is 8.02. The first-order valence-electron chi connectivity index (χ1n) is 19.2. The zero-order valence-corrected chi connectivity index (χ0v) is 30.8. The van der Waals surface area contributed by atoms with E-state index >= 15 is 0 Å². The lowest BCUT2D eigenvalue weighted by atomic mass is 9.98. The van der Waals surface area contributed by atoms with Gasteiger partial charge in [0.05, 0.1) is 11.0 Å².